The van der Waals surface area contributed by atoms with Gasteiger partial charge in [0.25, 0.3) is 0 Å². The number of hydrogen-bond acceptors (Lipinski definition) is 6. The first-order chi connectivity index (χ1) is 8.76. The third-order valence-electron chi connectivity index (χ3n) is 1.59. The van der Waals surface area contributed by atoms with Gasteiger partial charge in [-0.1, -0.05) is 0 Å². The minimum absolute atomic E-state index is 0.124. The molecule has 0 aliphatic carbocycles. The van der Waals surface area contributed by atoms with Crippen LogP contribution in [0.25, 0.3) is 0 Å². The van der Waals surface area contributed by atoms with Crippen LogP contribution in [0.5, 0.6) is 0 Å². The van der Waals surface area contributed by atoms with Gasteiger partial charge in [0.15, 0.2) is 0 Å². The highest BCUT2D eigenvalue weighted by atomic mass is 28.5. The molecule has 1 heterocycles. The Balaban J connectivity index is 2.69. The Morgan fingerprint density at radius 3 is 2.11 bits per heavy atom. The summed E-state index contributed by atoms with van der Waals surface area (Å²) in [7, 11) is -5.07. The Kier molecular flexibility index (Phi) is 8.37. The Bertz CT molecular complexity index is 282. The molecular formula is C6H9O6Si6. The van der Waals surface area contributed by atoms with E-state index in [1.54, 1.807) is 17.1 Å². The second-order valence-electron chi connectivity index (χ2n) is 2.60. The van der Waals surface area contributed by atoms with E-state index in [1.165, 1.54) is 0 Å². The van der Waals surface area contributed by atoms with Gasteiger partial charge < -0.3 is 24.7 Å². The Morgan fingerprint density at radius 2 is 1.50 bits per heavy atom. The molecule has 1 saturated heterocycles. The summed E-state index contributed by atoms with van der Waals surface area (Å²) in [4.78, 5) is 0. The molecule has 0 aromatic carbocycles. The van der Waals surface area contributed by atoms with Crippen LogP contribution >= 0.6 is 0 Å². The summed E-state index contributed by atoms with van der Waals surface area (Å²) in [5.41, 5.74) is 4.85. The highest BCUT2D eigenvalue weighted by Gasteiger charge is 2.35. The van der Waals surface area contributed by atoms with Crippen molar-refractivity contribution in [2.24, 2.45) is 0 Å². The molecule has 1 fully saturated rings. The van der Waals surface area contributed by atoms with E-state index < -0.39 is 17.8 Å². The van der Waals surface area contributed by atoms with Crippen LogP contribution in [0.1, 0.15) is 0 Å². The van der Waals surface area contributed by atoms with Crippen molar-refractivity contribution in [2.75, 3.05) is 0 Å². The van der Waals surface area contributed by atoms with E-state index in [-0.39, 0.29) is 40.0 Å². The standard InChI is InChI=1S/C6H9O6Si6/c1-4-17-10-15-8-13-7-14-9-16-11-18(5-2,6-3)12-17/h4-6H,1-3H2. The van der Waals surface area contributed by atoms with Gasteiger partial charge in [0.1, 0.15) is 0 Å². The van der Waals surface area contributed by atoms with Crippen LogP contribution < -0.4 is 0 Å². The summed E-state index contributed by atoms with van der Waals surface area (Å²) in [5, 5.41) is 0. The zero-order valence-corrected chi connectivity index (χ0v) is 15.3. The SMILES string of the molecule is C=C[Si]1O[Si]O[Si]O[Si]O[Si]O[Si](C=C)(C=C)O1. The lowest BCUT2D eigenvalue weighted by Gasteiger charge is -2.26. The molecule has 0 spiro atoms. The first kappa shape index (κ1) is 16.3. The molecule has 9 radical (unpaired) electrons. The van der Waals surface area contributed by atoms with Crippen LogP contribution in [0.3, 0.4) is 0 Å². The van der Waals surface area contributed by atoms with Crippen molar-refractivity contribution in [1.29, 1.82) is 0 Å². The van der Waals surface area contributed by atoms with E-state index in [2.05, 4.69) is 19.7 Å². The van der Waals surface area contributed by atoms with E-state index in [9.17, 15) is 0 Å². The number of rotatable bonds is 3. The molecule has 0 unspecified atom stereocenters. The molecule has 93 valence electrons. The largest absolute Gasteiger partial charge is 0.413 e. The summed E-state index contributed by atoms with van der Waals surface area (Å²) in [5.74, 6) is 0. The van der Waals surface area contributed by atoms with Gasteiger partial charge in [0.05, 0.1) is 0 Å². The fourth-order valence-electron chi connectivity index (χ4n) is 0.773. The van der Waals surface area contributed by atoms with Gasteiger partial charge >= 0.3 is 57.9 Å². The average molecular weight is 346 g/mol. The third-order valence-corrected chi connectivity index (χ3v) is 9.89. The molecule has 0 amide bonds. The van der Waals surface area contributed by atoms with Gasteiger partial charge in [-0.2, -0.15) is 0 Å². The molecule has 1 aliphatic heterocycles. The summed E-state index contributed by atoms with van der Waals surface area (Å²) >= 11 is 0. The Morgan fingerprint density at radius 1 is 0.889 bits per heavy atom. The van der Waals surface area contributed by atoms with Crippen molar-refractivity contribution in [3.63, 3.8) is 0 Å². The molecule has 18 heavy (non-hydrogen) atoms. The highest BCUT2D eigenvalue weighted by molar-refractivity contribution is 6.85. The third kappa shape index (κ3) is 5.50. The van der Waals surface area contributed by atoms with Crippen LogP contribution in [-0.2, 0) is 24.7 Å². The highest BCUT2D eigenvalue weighted by Crippen LogP contribution is 2.12. The van der Waals surface area contributed by atoms with Gasteiger partial charge in [0, 0.05) is 0 Å². The predicted molar refractivity (Wildman–Crippen MR) is 71.6 cm³/mol. The molecule has 0 bridgehead atoms. The van der Waals surface area contributed by atoms with Crippen LogP contribution in [0.2, 0.25) is 0 Å². The second-order valence-corrected chi connectivity index (χ2v) is 11.5. The first-order valence-corrected chi connectivity index (χ1v) is 11.2. The van der Waals surface area contributed by atoms with Crippen LogP contribution in [-0.4, -0.2) is 57.9 Å². The smallest absolute Gasteiger partial charge is 0.412 e. The molecule has 1 rings (SSSR count). The monoisotopic (exact) mass is 345 g/mol. The molecular weight excluding hydrogens is 337 g/mol. The van der Waals surface area contributed by atoms with Crippen LogP contribution in [0.15, 0.2) is 36.8 Å². The molecule has 0 aromatic rings. The van der Waals surface area contributed by atoms with E-state index >= 15 is 0 Å². The average Bonchev–Trinajstić information content (AvgIpc) is 2.40. The normalized spacial score (nSPS) is 23.3. The molecule has 0 aromatic heterocycles. The summed E-state index contributed by atoms with van der Waals surface area (Å²) < 4.78 is 32.3. The quantitative estimate of drug-likeness (QED) is 0.633. The van der Waals surface area contributed by atoms with E-state index in [4.69, 9.17) is 24.7 Å². The van der Waals surface area contributed by atoms with Crippen molar-refractivity contribution >= 4 is 57.9 Å². The van der Waals surface area contributed by atoms with E-state index in [0.29, 0.717) is 0 Å². The molecule has 0 N–H and O–H groups in total. The maximum Gasteiger partial charge on any atom is 0.413 e. The van der Waals surface area contributed by atoms with Crippen molar-refractivity contribution in [2.45, 2.75) is 0 Å². The van der Waals surface area contributed by atoms with Crippen molar-refractivity contribution < 1.29 is 24.7 Å². The van der Waals surface area contributed by atoms with Gasteiger partial charge in [-0.05, 0) is 17.1 Å². The van der Waals surface area contributed by atoms with Crippen LogP contribution in [0, 0.1) is 0 Å². The molecule has 6 nitrogen and oxygen atoms in total. The first-order valence-electron chi connectivity index (χ1n) is 4.54. The zero-order valence-electron chi connectivity index (χ0n) is 9.30. The second kappa shape index (κ2) is 9.23. The lowest BCUT2D eigenvalue weighted by Crippen LogP contribution is -2.46. The van der Waals surface area contributed by atoms with Crippen molar-refractivity contribution in [3.8, 4) is 0 Å². The minimum Gasteiger partial charge on any atom is -0.412 e. The Labute approximate surface area is 119 Å². The molecule has 0 atom stereocenters. The minimum atomic E-state index is -2.73. The molecule has 1 aliphatic rings. The van der Waals surface area contributed by atoms with Gasteiger partial charge in [0.2, 0.25) is 0 Å². The summed E-state index contributed by atoms with van der Waals surface area (Å²) in [6.45, 7) is 11.1. The zero-order chi connectivity index (χ0) is 13.3. The molecule has 12 heteroatoms. The summed E-state index contributed by atoms with van der Waals surface area (Å²) in [6, 6.07) is 0. The fourth-order valence-corrected chi connectivity index (χ4v) is 8.70. The van der Waals surface area contributed by atoms with Crippen LogP contribution in [0.4, 0.5) is 0 Å². The van der Waals surface area contributed by atoms with Crippen molar-refractivity contribution in [1.82, 2.24) is 0 Å². The summed E-state index contributed by atoms with van der Waals surface area (Å²) in [6.07, 6.45) is 0. The lowest BCUT2D eigenvalue weighted by molar-refractivity contribution is 0.323. The molecule has 0 saturated carbocycles. The van der Waals surface area contributed by atoms with Crippen molar-refractivity contribution in [3.05, 3.63) is 36.8 Å². The maximum atomic E-state index is 5.82. The van der Waals surface area contributed by atoms with Gasteiger partial charge in [-0.25, -0.2) is 0 Å². The van der Waals surface area contributed by atoms with E-state index in [1.807, 2.05) is 0 Å². The van der Waals surface area contributed by atoms with E-state index in [0.717, 1.165) is 0 Å². The Hall–Kier alpha value is 0.281. The maximum absolute atomic E-state index is 5.82. The lowest BCUT2D eigenvalue weighted by atomic mass is 11.2. The predicted octanol–water partition coefficient (Wildman–Crippen LogP) is -0.658. The topological polar surface area (TPSA) is 55.4 Å². The number of hydrogen-bond donors (Lipinski definition) is 0. The van der Waals surface area contributed by atoms with Gasteiger partial charge in [-0.3, -0.25) is 0 Å². The van der Waals surface area contributed by atoms with Gasteiger partial charge in [-0.15, -0.1) is 19.7 Å². The fraction of sp³-hybridized carbons (Fsp3) is 0.